The highest BCUT2D eigenvalue weighted by Crippen LogP contribution is 2.29. The van der Waals surface area contributed by atoms with Crippen molar-refractivity contribution in [3.05, 3.63) is 35.9 Å². The minimum Gasteiger partial charge on any atom is -0.369 e. The minimum atomic E-state index is -0.403. The Labute approximate surface area is 181 Å². The summed E-state index contributed by atoms with van der Waals surface area (Å²) in [6.45, 7) is 2.52. The quantitative estimate of drug-likeness (QED) is 0.606. The van der Waals surface area contributed by atoms with Crippen molar-refractivity contribution >= 4 is 46.7 Å². The molecule has 0 aliphatic carbocycles. The molecule has 1 unspecified atom stereocenters. The number of piperazine rings is 1. The maximum Gasteiger partial charge on any atom is 0.233 e. The zero-order chi connectivity index (χ0) is 20.6. The van der Waals surface area contributed by atoms with Crippen LogP contribution in [0.2, 0.25) is 0 Å². The van der Waals surface area contributed by atoms with Gasteiger partial charge in [0.15, 0.2) is 8.68 Å². The van der Waals surface area contributed by atoms with Crippen LogP contribution in [-0.4, -0.2) is 69.5 Å². The molecule has 0 saturated carbocycles. The topological polar surface area (TPSA) is 116 Å². The van der Waals surface area contributed by atoms with E-state index in [0.717, 1.165) is 5.56 Å². The number of amides is 2. The first-order valence-corrected chi connectivity index (χ1v) is 11.7. The van der Waals surface area contributed by atoms with Gasteiger partial charge in [0.25, 0.3) is 0 Å². The van der Waals surface area contributed by atoms with Crippen molar-refractivity contribution in [1.29, 1.82) is 5.26 Å². The smallest absolute Gasteiger partial charge is 0.233 e. The van der Waals surface area contributed by atoms with Crippen molar-refractivity contribution in [2.24, 2.45) is 5.73 Å². The summed E-state index contributed by atoms with van der Waals surface area (Å²) in [5, 5.41) is 17.6. The van der Waals surface area contributed by atoms with Gasteiger partial charge in [-0.05, 0) is 5.56 Å². The molecule has 3 rings (SSSR count). The third-order valence-corrected chi connectivity index (χ3v) is 7.51. The fraction of sp³-hybridized carbons (Fsp3) is 0.389. The molecule has 11 heteroatoms. The number of nitrogens with zero attached hydrogens (tertiary/aromatic N) is 5. The molecule has 2 N–H and O–H groups in total. The molecule has 1 aliphatic rings. The van der Waals surface area contributed by atoms with E-state index in [1.807, 2.05) is 35.2 Å². The number of rotatable bonds is 8. The van der Waals surface area contributed by atoms with Crippen LogP contribution in [0.4, 0.5) is 0 Å². The van der Waals surface area contributed by atoms with E-state index < -0.39 is 5.91 Å². The third kappa shape index (κ3) is 6.17. The first-order valence-electron chi connectivity index (χ1n) is 8.90. The third-order valence-electron chi connectivity index (χ3n) is 4.31. The van der Waals surface area contributed by atoms with Gasteiger partial charge in [-0.1, -0.05) is 65.2 Å². The van der Waals surface area contributed by atoms with Gasteiger partial charge in [0.1, 0.15) is 6.04 Å². The van der Waals surface area contributed by atoms with Crippen LogP contribution in [0.25, 0.3) is 0 Å². The molecular formula is C18H20N6O2S3. The molecule has 0 spiro atoms. The average molecular weight is 449 g/mol. The molecule has 0 bridgehead atoms. The number of primary amides is 1. The fourth-order valence-electron chi connectivity index (χ4n) is 2.89. The van der Waals surface area contributed by atoms with Crippen LogP contribution in [0.1, 0.15) is 11.6 Å². The second kappa shape index (κ2) is 10.6. The number of carbonyl (C=O) groups is 2. The summed E-state index contributed by atoms with van der Waals surface area (Å²) in [4.78, 5) is 27.3. The fourth-order valence-corrected chi connectivity index (χ4v) is 5.56. The average Bonchev–Trinajstić information content (AvgIpc) is 3.20. The summed E-state index contributed by atoms with van der Waals surface area (Å²) in [5.41, 5.74) is 6.10. The Balaban J connectivity index is 1.45. The van der Waals surface area contributed by atoms with Gasteiger partial charge in [-0.2, -0.15) is 5.26 Å². The number of thioether (sulfide) groups is 2. The van der Waals surface area contributed by atoms with Crippen LogP contribution in [-0.2, 0) is 9.59 Å². The Bertz CT molecular complexity index is 877. The number of carbonyl (C=O) groups excluding carboxylic acids is 2. The maximum absolute atomic E-state index is 12.5. The Hall–Kier alpha value is -2.13. The first-order chi connectivity index (χ1) is 14.1. The standard InChI is InChI=1S/C18H20N6O2S3/c19-10-14(13-4-2-1-3-5-13)23-6-8-24(9-7-23)16(26)12-28-18-22-21-17(29-18)27-11-15(20)25/h1-5,14H,6-9,11-12H2,(H2,20,25). The molecule has 8 nitrogen and oxygen atoms in total. The van der Waals surface area contributed by atoms with Gasteiger partial charge < -0.3 is 10.6 Å². The second-order valence-corrected chi connectivity index (χ2v) is 9.66. The monoisotopic (exact) mass is 448 g/mol. The highest BCUT2D eigenvalue weighted by atomic mass is 32.2. The molecule has 1 fully saturated rings. The molecule has 1 aliphatic heterocycles. The summed E-state index contributed by atoms with van der Waals surface area (Å²) >= 11 is 3.94. The molecule has 2 aromatic rings. The second-order valence-electron chi connectivity index (χ2n) is 6.24. The van der Waals surface area contributed by atoms with E-state index in [-0.39, 0.29) is 23.5 Å². The van der Waals surface area contributed by atoms with Crippen LogP contribution < -0.4 is 5.73 Å². The Morgan fingerprint density at radius 3 is 2.31 bits per heavy atom. The van der Waals surface area contributed by atoms with E-state index >= 15 is 0 Å². The number of hydrogen-bond acceptors (Lipinski definition) is 9. The number of benzene rings is 1. The van der Waals surface area contributed by atoms with Gasteiger partial charge in [0, 0.05) is 26.2 Å². The highest BCUT2D eigenvalue weighted by molar-refractivity contribution is 8.03. The molecule has 1 saturated heterocycles. The molecule has 0 radical (unpaired) electrons. The van der Waals surface area contributed by atoms with Crippen molar-refractivity contribution in [2.75, 3.05) is 37.7 Å². The molecule has 29 heavy (non-hydrogen) atoms. The molecule has 1 aromatic heterocycles. The summed E-state index contributed by atoms with van der Waals surface area (Å²) in [5.74, 6) is 0.0917. The van der Waals surface area contributed by atoms with Crippen molar-refractivity contribution in [3.63, 3.8) is 0 Å². The zero-order valence-corrected chi connectivity index (χ0v) is 18.0. The lowest BCUT2D eigenvalue weighted by Gasteiger charge is -2.37. The van der Waals surface area contributed by atoms with Gasteiger partial charge in [0.2, 0.25) is 11.8 Å². The first kappa shape index (κ1) is 21.6. The molecule has 1 aromatic carbocycles. The van der Waals surface area contributed by atoms with Gasteiger partial charge in [-0.3, -0.25) is 14.5 Å². The molecule has 152 valence electrons. The summed E-state index contributed by atoms with van der Waals surface area (Å²) in [6.07, 6.45) is 0. The highest BCUT2D eigenvalue weighted by Gasteiger charge is 2.27. The van der Waals surface area contributed by atoms with E-state index in [1.165, 1.54) is 34.9 Å². The largest absolute Gasteiger partial charge is 0.369 e. The van der Waals surface area contributed by atoms with Crippen molar-refractivity contribution in [3.8, 4) is 6.07 Å². The van der Waals surface area contributed by atoms with Gasteiger partial charge in [-0.15, -0.1) is 10.2 Å². The van der Waals surface area contributed by atoms with Crippen LogP contribution in [0.15, 0.2) is 39.0 Å². The summed E-state index contributed by atoms with van der Waals surface area (Å²) < 4.78 is 1.35. The summed E-state index contributed by atoms with van der Waals surface area (Å²) in [6, 6.07) is 11.8. The van der Waals surface area contributed by atoms with Crippen molar-refractivity contribution in [1.82, 2.24) is 20.0 Å². The van der Waals surface area contributed by atoms with E-state index in [2.05, 4.69) is 21.2 Å². The SMILES string of the molecule is N#CC(c1ccccc1)N1CCN(C(=O)CSc2nnc(SCC(N)=O)s2)CC1. The van der Waals surface area contributed by atoms with Crippen LogP contribution in [0, 0.1) is 11.3 Å². The van der Waals surface area contributed by atoms with E-state index in [4.69, 9.17) is 5.73 Å². The van der Waals surface area contributed by atoms with E-state index in [9.17, 15) is 14.9 Å². The number of aromatic nitrogens is 2. The molecular weight excluding hydrogens is 428 g/mol. The number of hydrogen-bond donors (Lipinski definition) is 1. The maximum atomic E-state index is 12.5. The Morgan fingerprint density at radius 1 is 1.10 bits per heavy atom. The lowest BCUT2D eigenvalue weighted by atomic mass is 10.1. The lowest BCUT2D eigenvalue weighted by molar-refractivity contribution is -0.130. The van der Waals surface area contributed by atoms with Crippen LogP contribution in [0.5, 0.6) is 0 Å². The summed E-state index contributed by atoms with van der Waals surface area (Å²) in [7, 11) is 0. The molecule has 2 heterocycles. The zero-order valence-electron chi connectivity index (χ0n) is 15.6. The van der Waals surface area contributed by atoms with E-state index in [1.54, 1.807) is 0 Å². The van der Waals surface area contributed by atoms with Crippen LogP contribution in [0.3, 0.4) is 0 Å². The number of nitrogens with two attached hydrogens (primary N) is 1. The van der Waals surface area contributed by atoms with Crippen molar-refractivity contribution in [2.45, 2.75) is 14.7 Å². The Morgan fingerprint density at radius 2 is 1.72 bits per heavy atom. The number of nitriles is 1. The Kier molecular flexibility index (Phi) is 7.88. The molecule has 1 atom stereocenters. The van der Waals surface area contributed by atoms with E-state index in [0.29, 0.717) is 34.9 Å². The van der Waals surface area contributed by atoms with Gasteiger partial charge in [0.05, 0.1) is 17.6 Å². The minimum absolute atomic E-state index is 0.0457. The van der Waals surface area contributed by atoms with Crippen LogP contribution >= 0.6 is 34.9 Å². The normalized spacial score (nSPS) is 15.6. The van der Waals surface area contributed by atoms with Gasteiger partial charge >= 0.3 is 0 Å². The van der Waals surface area contributed by atoms with Gasteiger partial charge in [-0.25, -0.2) is 0 Å². The lowest BCUT2D eigenvalue weighted by Crippen LogP contribution is -2.50. The predicted octanol–water partition coefficient (Wildman–Crippen LogP) is 1.62. The molecule has 2 amide bonds. The van der Waals surface area contributed by atoms with Crippen molar-refractivity contribution < 1.29 is 9.59 Å². The predicted molar refractivity (Wildman–Crippen MR) is 114 cm³/mol.